The number of hydrogen-bond acceptors (Lipinski definition) is 6. The van der Waals surface area contributed by atoms with Gasteiger partial charge in [-0.3, -0.25) is 14.4 Å². The molecule has 0 fully saturated rings. The third kappa shape index (κ3) is 45.7. The number of ether oxygens (including phenoxy) is 3. The summed E-state index contributed by atoms with van der Waals surface area (Å²) in [6.45, 7) is 6.40. The van der Waals surface area contributed by atoms with Gasteiger partial charge in [0.1, 0.15) is 13.2 Å². The van der Waals surface area contributed by atoms with E-state index in [0.29, 0.717) is 19.3 Å². The van der Waals surface area contributed by atoms with Crippen LogP contribution >= 0.6 is 0 Å². The topological polar surface area (TPSA) is 78.9 Å². The molecule has 60 heavy (non-hydrogen) atoms. The molecule has 0 N–H and O–H groups in total. The summed E-state index contributed by atoms with van der Waals surface area (Å²) in [7, 11) is 0. The zero-order valence-electron chi connectivity index (χ0n) is 38.9. The minimum absolute atomic E-state index is 0.101. The Morgan fingerprint density at radius 2 is 0.667 bits per heavy atom. The molecule has 1 atom stereocenters. The van der Waals surface area contributed by atoms with E-state index in [-0.39, 0.29) is 31.1 Å². The molecule has 0 saturated carbocycles. The number of rotatable bonds is 43. The van der Waals surface area contributed by atoms with Crippen LogP contribution in [0.15, 0.2) is 85.1 Å². The van der Waals surface area contributed by atoms with Gasteiger partial charge >= 0.3 is 17.9 Å². The van der Waals surface area contributed by atoms with Gasteiger partial charge in [0.25, 0.3) is 0 Å². The molecule has 0 saturated heterocycles. The average Bonchev–Trinajstić information content (AvgIpc) is 3.24. The van der Waals surface area contributed by atoms with Gasteiger partial charge in [-0.05, 0) is 109 Å². The largest absolute Gasteiger partial charge is 0.462 e. The third-order valence-electron chi connectivity index (χ3n) is 10.1. The van der Waals surface area contributed by atoms with E-state index < -0.39 is 6.10 Å². The molecule has 0 spiro atoms. The number of carbonyl (C=O) groups excluding carboxylic acids is 3. The quantitative estimate of drug-likeness (QED) is 0.0263. The Balaban J connectivity index is 4.50. The summed E-state index contributed by atoms with van der Waals surface area (Å²) < 4.78 is 16.7. The van der Waals surface area contributed by atoms with Crippen LogP contribution in [-0.4, -0.2) is 37.2 Å². The molecule has 0 aliphatic carbocycles. The molecule has 0 aromatic carbocycles. The molecule has 342 valence electrons. The van der Waals surface area contributed by atoms with Crippen molar-refractivity contribution in [2.75, 3.05) is 13.2 Å². The van der Waals surface area contributed by atoms with Crippen LogP contribution in [0.3, 0.4) is 0 Å². The second kappa shape index (κ2) is 48.3. The second-order valence-electron chi connectivity index (χ2n) is 16.0. The Morgan fingerprint density at radius 3 is 1.12 bits per heavy atom. The van der Waals surface area contributed by atoms with Crippen molar-refractivity contribution in [1.82, 2.24) is 0 Å². The zero-order valence-corrected chi connectivity index (χ0v) is 38.9. The van der Waals surface area contributed by atoms with Gasteiger partial charge in [0.15, 0.2) is 6.10 Å². The highest BCUT2D eigenvalue weighted by Crippen LogP contribution is 2.13. The molecule has 6 nitrogen and oxygen atoms in total. The monoisotopic (exact) mass is 835 g/mol. The first kappa shape index (κ1) is 56.6. The predicted octanol–water partition coefficient (Wildman–Crippen LogP) is 16.0. The van der Waals surface area contributed by atoms with Gasteiger partial charge in [0, 0.05) is 19.3 Å². The van der Waals surface area contributed by atoms with E-state index in [1.165, 1.54) is 57.8 Å². The van der Waals surface area contributed by atoms with E-state index in [1.807, 2.05) is 0 Å². The first-order chi connectivity index (χ1) is 29.5. The Hall–Kier alpha value is -3.41. The van der Waals surface area contributed by atoms with Crippen LogP contribution in [0.5, 0.6) is 0 Å². The van der Waals surface area contributed by atoms with Crippen LogP contribution in [0.1, 0.15) is 220 Å². The van der Waals surface area contributed by atoms with E-state index >= 15 is 0 Å². The first-order valence-corrected chi connectivity index (χ1v) is 24.6. The maximum absolute atomic E-state index is 12.8. The van der Waals surface area contributed by atoms with Gasteiger partial charge in [0.2, 0.25) is 0 Å². The van der Waals surface area contributed by atoms with Crippen molar-refractivity contribution in [3.8, 4) is 0 Å². The van der Waals surface area contributed by atoms with Crippen molar-refractivity contribution in [2.24, 2.45) is 0 Å². The van der Waals surface area contributed by atoms with Crippen molar-refractivity contribution in [1.29, 1.82) is 0 Å². The molecule has 6 heteroatoms. The minimum Gasteiger partial charge on any atom is -0.462 e. The maximum Gasteiger partial charge on any atom is 0.306 e. The molecule has 0 aliphatic rings. The highest BCUT2D eigenvalue weighted by Gasteiger charge is 2.19. The molecule has 0 amide bonds. The van der Waals surface area contributed by atoms with Crippen LogP contribution in [0, 0.1) is 0 Å². The number of unbranched alkanes of at least 4 members (excludes halogenated alkanes) is 18. The van der Waals surface area contributed by atoms with Crippen LogP contribution < -0.4 is 0 Å². The summed E-state index contributed by atoms with van der Waals surface area (Å²) in [5, 5.41) is 0. The Morgan fingerprint density at radius 1 is 0.350 bits per heavy atom. The molecule has 0 aliphatic heterocycles. The van der Waals surface area contributed by atoms with Gasteiger partial charge in [0.05, 0.1) is 0 Å². The van der Waals surface area contributed by atoms with Crippen LogP contribution in [0.2, 0.25) is 0 Å². The highest BCUT2D eigenvalue weighted by molar-refractivity contribution is 5.71. The molecule has 0 heterocycles. The lowest BCUT2D eigenvalue weighted by molar-refractivity contribution is -0.167. The smallest absolute Gasteiger partial charge is 0.306 e. The fraction of sp³-hybridized carbons (Fsp3) is 0.685. The first-order valence-electron chi connectivity index (χ1n) is 24.6. The fourth-order valence-electron chi connectivity index (χ4n) is 6.38. The summed E-state index contributed by atoms with van der Waals surface area (Å²) in [4.78, 5) is 37.9. The lowest BCUT2D eigenvalue weighted by Gasteiger charge is -2.18. The molecule has 0 aromatic heterocycles. The summed E-state index contributed by atoms with van der Waals surface area (Å²) in [5.74, 6) is -0.970. The fourth-order valence-corrected chi connectivity index (χ4v) is 6.38. The predicted molar refractivity (Wildman–Crippen MR) is 256 cm³/mol. The Labute approximate surface area is 369 Å². The van der Waals surface area contributed by atoms with Crippen LogP contribution in [0.4, 0.5) is 0 Å². The minimum atomic E-state index is -0.803. The van der Waals surface area contributed by atoms with Crippen LogP contribution in [-0.2, 0) is 28.6 Å². The molecule has 0 rings (SSSR count). The SMILES string of the molecule is CC/C=C\C/C=C\C/C=C\C/C=C\CCCCC(=O)OCC(COC(=O)CCCCCCC/C=C\CCCCCC)OC(=O)CCCCCCC/C=C\C/C=C\CCCC. The number of esters is 3. The van der Waals surface area contributed by atoms with Crippen molar-refractivity contribution >= 4 is 17.9 Å². The third-order valence-corrected chi connectivity index (χ3v) is 10.1. The molecule has 0 bridgehead atoms. The molecule has 0 radical (unpaired) electrons. The number of allylic oxidation sites excluding steroid dienone is 14. The van der Waals surface area contributed by atoms with Crippen LogP contribution in [0.25, 0.3) is 0 Å². The Bertz CT molecular complexity index is 1190. The average molecular weight is 835 g/mol. The van der Waals surface area contributed by atoms with Gasteiger partial charge in [-0.1, -0.05) is 176 Å². The molecular formula is C54H90O6. The van der Waals surface area contributed by atoms with Crippen molar-refractivity contribution in [3.05, 3.63) is 85.1 Å². The van der Waals surface area contributed by atoms with E-state index in [0.717, 1.165) is 122 Å². The maximum atomic E-state index is 12.8. The summed E-state index contributed by atoms with van der Waals surface area (Å²) in [5.41, 5.74) is 0. The van der Waals surface area contributed by atoms with Crippen molar-refractivity contribution in [2.45, 2.75) is 226 Å². The number of hydrogen-bond donors (Lipinski definition) is 0. The standard InChI is InChI=1S/C54H90O6/c1-4-7-10-13-16-19-22-25-27-30-32-35-38-41-44-47-53(56)59-50-51(49-58-52(55)46-43-40-37-34-31-28-24-21-18-15-12-9-6-3)60-54(57)48-45-42-39-36-33-29-26-23-20-17-14-11-8-5-2/h7,10,14,16-17,19,21,23-27,32,35,51H,4-6,8-9,11-13,15,18,20,22,28-31,33-34,36-50H2,1-3H3/b10-7-,17-14-,19-16-,24-21-,26-23-,27-25-,35-32-. The van der Waals surface area contributed by atoms with Gasteiger partial charge in [-0.25, -0.2) is 0 Å². The summed E-state index contributed by atoms with van der Waals surface area (Å²) in [6.07, 6.45) is 61.3. The number of carbonyl (C=O) groups is 3. The summed E-state index contributed by atoms with van der Waals surface area (Å²) in [6, 6.07) is 0. The highest BCUT2D eigenvalue weighted by atomic mass is 16.6. The van der Waals surface area contributed by atoms with Crippen molar-refractivity contribution in [3.63, 3.8) is 0 Å². The second-order valence-corrected chi connectivity index (χ2v) is 16.0. The normalized spacial score (nSPS) is 12.8. The Kier molecular flexibility index (Phi) is 45.5. The van der Waals surface area contributed by atoms with Gasteiger partial charge in [-0.15, -0.1) is 0 Å². The van der Waals surface area contributed by atoms with E-state index in [1.54, 1.807) is 0 Å². The zero-order chi connectivity index (χ0) is 43.7. The van der Waals surface area contributed by atoms with E-state index in [2.05, 4.69) is 106 Å². The molecular weight excluding hydrogens is 745 g/mol. The van der Waals surface area contributed by atoms with E-state index in [4.69, 9.17) is 14.2 Å². The molecule has 1 unspecified atom stereocenters. The van der Waals surface area contributed by atoms with Gasteiger partial charge < -0.3 is 14.2 Å². The molecule has 0 aromatic rings. The van der Waals surface area contributed by atoms with Crippen molar-refractivity contribution < 1.29 is 28.6 Å². The lowest BCUT2D eigenvalue weighted by Crippen LogP contribution is -2.30. The summed E-state index contributed by atoms with van der Waals surface area (Å²) >= 11 is 0. The van der Waals surface area contributed by atoms with E-state index in [9.17, 15) is 14.4 Å². The lowest BCUT2D eigenvalue weighted by atomic mass is 10.1. The van der Waals surface area contributed by atoms with Gasteiger partial charge in [-0.2, -0.15) is 0 Å².